The number of hydrogen-bond acceptors (Lipinski definition) is 0. The number of allylic oxidation sites excluding steroid dienone is 5. The summed E-state index contributed by atoms with van der Waals surface area (Å²) in [7, 11) is 0. The van der Waals surface area contributed by atoms with Gasteiger partial charge in [-0.25, -0.2) is 0 Å². The van der Waals surface area contributed by atoms with E-state index in [1.54, 1.807) is 0 Å². The Hall–Kier alpha value is -0.780. The van der Waals surface area contributed by atoms with Crippen molar-refractivity contribution < 1.29 is 0 Å². The first-order valence-corrected chi connectivity index (χ1v) is 3.18. The van der Waals surface area contributed by atoms with Crippen LogP contribution in [-0.4, -0.2) is 0 Å². The standard InChI is InChI=1S/C9H12/c1-6-5-7(2)9(4)8(6)3/h5H,1H2,2-4H3. The van der Waals surface area contributed by atoms with Crippen molar-refractivity contribution >= 4 is 0 Å². The molecule has 1 rings (SSSR count). The third-order valence-electron chi connectivity index (χ3n) is 2.03. The van der Waals surface area contributed by atoms with Crippen molar-refractivity contribution in [2.24, 2.45) is 0 Å². The number of hydrogen-bond donors (Lipinski definition) is 0. The van der Waals surface area contributed by atoms with Crippen LogP contribution in [0.2, 0.25) is 0 Å². The molecule has 0 atom stereocenters. The van der Waals surface area contributed by atoms with Gasteiger partial charge in [-0.05, 0) is 43.1 Å². The predicted molar refractivity (Wildman–Crippen MR) is 41.3 cm³/mol. The SMILES string of the molecule is C=C1C=C(C)C(C)=C1C. The Bertz CT molecular complexity index is 214. The van der Waals surface area contributed by atoms with Crippen molar-refractivity contribution in [2.45, 2.75) is 20.8 Å². The molecule has 1 aliphatic rings. The molecule has 0 saturated heterocycles. The Kier molecular flexibility index (Phi) is 1.32. The average Bonchev–Trinajstić information content (AvgIpc) is 1.98. The normalized spacial score (nSPS) is 19.0. The molecule has 0 aliphatic heterocycles. The Balaban J connectivity index is 3.11. The highest BCUT2D eigenvalue weighted by atomic mass is 14.1. The van der Waals surface area contributed by atoms with Gasteiger partial charge >= 0.3 is 0 Å². The van der Waals surface area contributed by atoms with Gasteiger partial charge in [0.05, 0.1) is 0 Å². The Morgan fingerprint density at radius 2 is 1.67 bits per heavy atom. The smallest absolute Gasteiger partial charge is 0.0294 e. The molecule has 0 unspecified atom stereocenters. The molecule has 0 spiro atoms. The summed E-state index contributed by atoms with van der Waals surface area (Å²) in [4.78, 5) is 0. The van der Waals surface area contributed by atoms with Crippen molar-refractivity contribution in [2.75, 3.05) is 0 Å². The van der Waals surface area contributed by atoms with Crippen LogP contribution < -0.4 is 0 Å². The first-order valence-electron chi connectivity index (χ1n) is 3.18. The summed E-state index contributed by atoms with van der Waals surface area (Å²) in [5.74, 6) is 0. The summed E-state index contributed by atoms with van der Waals surface area (Å²) in [6.07, 6.45) is 2.13. The minimum Gasteiger partial charge on any atom is -0.0915 e. The molecule has 0 amide bonds. The van der Waals surface area contributed by atoms with E-state index in [-0.39, 0.29) is 0 Å². The van der Waals surface area contributed by atoms with Crippen LogP contribution in [0.5, 0.6) is 0 Å². The second-order valence-electron chi connectivity index (χ2n) is 2.60. The van der Waals surface area contributed by atoms with Gasteiger partial charge in [-0.2, -0.15) is 0 Å². The molecule has 48 valence electrons. The van der Waals surface area contributed by atoms with Crippen molar-refractivity contribution in [3.05, 3.63) is 34.9 Å². The van der Waals surface area contributed by atoms with Gasteiger partial charge in [-0.15, -0.1) is 0 Å². The third kappa shape index (κ3) is 0.849. The van der Waals surface area contributed by atoms with E-state index in [4.69, 9.17) is 0 Å². The molecule has 0 radical (unpaired) electrons. The summed E-state index contributed by atoms with van der Waals surface area (Å²) < 4.78 is 0. The largest absolute Gasteiger partial charge is 0.0915 e. The van der Waals surface area contributed by atoms with Crippen molar-refractivity contribution in [1.82, 2.24) is 0 Å². The Labute approximate surface area is 56.6 Å². The molecular weight excluding hydrogens is 108 g/mol. The van der Waals surface area contributed by atoms with E-state index in [2.05, 4.69) is 33.4 Å². The maximum absolute atomic E-state index is 3.90. The zero-order valence-electron chi connectivity index (χ0n) is 6.28. The summed E-state index contributed by atoms with van der Waals surface area (Å²) in [5, 5.41) is 0. The van der Waals surface area contributed by atoms with Crippen LogP contribution in [0, 0.1) is 0 Å². The van der Waals surface area contributed by atoms with Gasteiger partial charge in [0.15, 0.2) is 0 Å². The van der Waals surface area contributed by atoms with E-state index in [0.29, 0.717) is 0 Å². The second kappa shape index (κ2) is 1.87. The van der Waals surface area contributed by atoms with E-state index >= 15 is 0 Å². The maximum atomic E-state index is 3.90. The quantitative estimate of drug-likeness (QED) is 0.461. The molecule has 0 heterocycles. The van der Waals surface area contributed by atoms with Gasteiger partial charge in [-0.3, -0.25) is 0 Å². The predicted octanol–water partition coefficient (Wildman–Crippen LogP) is 2.84. The van der Waals surface area contributed by atoms with Gasteiger partial charge in [0, 0.05) is 0 Å². The lowest BCUT2D eigenvalue weighted by molar-refractivity contribution is 1.32. The van der Waals surface area contributed by atoms with Crippen LogP contribution in [0.15, 0.2) is 34.9 Å². The zero-order chi connectivity index (χ0) is 7.02. The van der Waals surface area contributed by atoms with E-state index < -0.39 is 0 Å². The highest BCUT2D eigenvalue weighted by Crippen LogP contribution is 2.27. The summed E-state index contributed by atoms with van der Waals surface area (Å²) >= 11 is 0. The highest BCUT2D eigenvalue weighted by Gasteiger charge is 2.08. The summed E-state index contributed by atoms with van der Waals surface area (Å²) in [5.41, 5.74) is 5.26. The summed E-state index contributed by atoms with van der Waals surface area (Å²) in [6.45, 7) is 10.3. The van der Waals surface area contributed by atoms with Crippen molar-refractivity contribution in [3.63, 3.8) is 0 Å². The lowest BCUT2D eigenvalue weighted by atomic mass is 10.1. The molecule has 0 nitrogen and oxygen atoms in total. The van der Waals surface area contributed by atoms with Crippen LogP contribution in [0.1, 0.15) is 20.8 Å². The van der Waals surface area contributed by atoms with E-state index in [9.17, 15) is 0 Å². The third-order valence-corrected chi connectivity index (χ3v) is 2.03. The lowest BCUT2D eigenvalue weighted by Crippen LogP contribution is -1.75. The Morgan fingerprint density at radius 3 is 1.78 bits per heavy atom. The van der Waals surface area contributed by atoms with Crippen LogP contribution >= 0.6 is 0 Å². The molecule has 0 bridgehead atoms. The molecule has 0 aromatic rings. The van der Waals surface area contributed by atoms with E-state index in [0.717, 1.165) is 0 Å². The minimum atomic E-state index is 1.17. The maximum Gasteiger partial charge on any atom is -0.0294 e. The first kappa shape index (κ1) is 6.34. The number of rotatable bonds is 0. The first-order chi connectivity index (χ1) is 4.13. The topological polar surface area (TPSA) is 0 Å². The lowest BCUT2D eigenvalue weighted by Gasteiger charge is -1.95. The van der Waals surface area contributed by atoms with Gasteiger partial charge in [0.2, 0.25) is 0 Å². The minimum absolute atomic E-state index is 1.17. The van der Waals surface area contributed by atoms with Crippen molar-refractivity contribution in [3.8, 4) is 0 Å². The van der Waals surface area contributed by atoms with Crippen LogP contribution in [0.3, 0.4) is 0 Å². The molecule has 0 saturated carbocycles. The second-order valence-corrected chi connectivity index (χ2v) is 2.60. The molecule has 0 aromatic heterocycles. The van der Waals surface area contributed by atoms with Crippen LogP contribution in [-0.2, 0) is 0 Å². The molecule has 0 N–H and O–H groups in total. The summed E-state index contributed by atoms with van der Waals surface area (Å²) in [6, 6.07) is 0. The Morgan fingerprint density at radius 1 is 1.11 bits per heavy atom. The molecule has 0 heteroatoms. The van der Waals surface area contributed by atoms with Crippen LogP contribution in [0.4, 0.5) is 0 Å². The van der Waals surface area contributed by atoms with E-state index in [1.165, 1.54) is 22.3 Å². The molecule has 0 fully saturated rings. The van der Waals surface area contributed by atoms with Gasteiger partial charge in [0.25, 0.3) is 0 Å². The monoisotopic (exact) mass is 120 g/mol. The van der Waals surface area contributed by atoms with Gasteiger partial charge < -0.3 is 0 Å². The van der Waals surface area contributed by atoms with Crippen LogP contribution in [0.25, 0.3) is 0 Å². The molecule has 1 aliphatic carbocycles. The van der Waals surface area contributed by atoms with Crippen molar-refractivity contribution in [1.29, 1.82) is 0 Å². The molecule has 0 aromatic carbocycles. The average molecular weight is 120 g/mol. The van der Waals surface area contributed by atoms with Gasteiger partial charge in [-0.1, -0.05) is 12.7 Å². The fraction of sp³-hybridized carbons (Fsp3) is 0.333. The fourth-order valence-electron chi connectivity index (χ4n) is 1.01. The zero-order valence-corrected chi connectivity index (χ0v) is 6.28. The highest BCUT2D eigenvalue weighted by molar-refractivity contribution is 5.54. The molecular formula is C9H12. The van der Waals surface area contributed by atoms with E-state index in [1.807, 2.05) is 0 Å². The van der Waals surface area contributed by atoms with Gasteiger partial charge in [0.1, 0.15) is 0 Å². The fourth-order valence-corrected chi connectivity index (χ4v) is 1.01. The molecule has 9 heavy (non-hydrogen) atoms.